The Hall–Kier alpha value is -2.70. The van der Waals surface area contributed by atoms with Gasteiger partial charge in [0.15, 0.2) is 5.11 Å². The van der Waals surface area contributed by atoms with Gasteiger partial charge in [0.1, 0.15) is 0 Å². The lowest BCUT2D eigenvalue weighted by molar-refractivity contribution is -0.115. The average Bonchev–Trinajstić information content (AvgIpc) is 2.68. The Balaban J connectivity index is 1.97. The zero-order chi connectivity index (χ0) is 20.5. The maximum atomic E-state index is 12.4. The summed E-state index contributed by atoms with van der Waals surface area (Å²) in [6.45, 7) is 5.15. The second-order valence-electron chi connectivity index (χ2n) is 5.86. The zero-order valence-electron chi connectivity index (χ0n) is 15.7. The molecule has 0 aromatic heterocycles. The van der Waals surface area contributed by atoms with Crippen molar-refractivity contribution in [3.63, 3.8) is 0 Å². The van der Waals surface area contributed by atoms with Crippen LogP contribution in [-0.4, -0.2) is 34.9 Å². The number of benzene rings is 2. The minimum absolute atomic E-state index is 0.0497. The first-order chi connectivity index (χ1) is 13.4. The van der Waals surface area contributed by atoms with Gasteiger partial charge in [-0.25, -0.2) is 0 Å². The molecule has 2 rings (SSSR count). The third-order valence-electron chi connectivity index (χ3n) is 3.97. The van der Waals surface area contributed by atoms with Gasteiger partial charge in [0.2, 0.25) is 5.91 Å². The summed E-state index contributed by atoms with van der Waals surface area (Å²) in [5, 5.41) is 6.19. The van der Waals surface area contributed by atoms with Crippen LogP contribution in [-0.2, 0) is 4.79 Å². The van der Waals surface area contributed by atoms with Crippen LogP contribution in [0, 0.1) is 0 Å². The quantitative estimate of drug-likeness (QED) is 0.544. The van der Waals surface area contributed by atoms with E-state index in [1.54, 1.807) is 47.4 Å². The molecule has 146 valence electrons. The first-order valence-electron chi connectivity index (χ1n) is 8.88. The first kappa shape index (κ1) is 21.6. The summed E-state index contributed by atoms with van der Waals surface area (Å²) in [4.78, 5) is 26.2. The van der Waals surface area contributed by atoms with E-state index >= 15 is 0 Å². The molecule has 0 unspecified atom stereocenters. The van der Waals surface area contributed by atoms with Crippen LogP contribution in [0.3, 0.4) is 0 Å². The van der Waals surface area contributed by atoms with Crippen molar-refractivity contribution < 1.29 is 9.59 Å². The number of amides is 2. The van der Waals surface area contributed by atoms with E-state index in [2.05, 4.69) is 10.6 Å². The molecule has 0 aliphatic heterocycles. The van der Waals surface area contributed by atoms with Crippen LogP contribution < -0.4 is 10.6 Å². The molecule has 2 amide bonds. The van der Waals surface area contributed by atoms with Crippen LogP contribution >= 0.6 is 23.8 Å². The summed E-state index contributed by atoms with van der Waals surface area (Å²) in [6.07, 6.45) is 2.97. The van der Waals surface area contributed by atoms with Crippen molar-refractivity contribution >= 4 is 52.5 Å². The molecule has 5 nitrogen and oxygen atoms in total. The molecule has 0 radical (unpaired) electrons. The fourth-order valence-electron chi connectivity index (χ4n) is 2.52. The molecule has 7 heteroatoms. The van der Waals surface area contributed by atoms with Gasteiger partial charge in [0, 0.05) is 35.4 Å². The largest absolute Gasteiger partial charge is 0.339 e. The van der Waals surface area contributed by atoms with E-state index < -0.39 is 0 Å². The predicted octanol–water partition coefficient (Wildman–Crippen LogP) is 4.35. The Morgan fingerprint density at radius 2 is 1.82 bits per heavy atom. The minimum atomic E-state index is -0.382. The van der Waals surface area contributed by atoms with Crippen LogP contribution in [0.15, 0.2) is 54.6 Å². The monoisotopic (exact) mass is 415 g/mol. The van der Waals surface area contributed by atoms with Crippen molar-refractivity contribution in [3.8, 4) is 0 Å². The zero-order valence-corrected chi connectivity index (χ0v) is 17.3. The second-order valence-corrected chi connectivity index (χ2v) is 6.67. The lowest BCUT2D eigenvalue weighted by atomic mass is 10.1. The van der Waals surface area contributed by atoms with E-state index in [0.29, 0.717) is 29.4 Å². The van der Waals surface area contributed by atoms with Gasteiger partial charge < -0.3 is 10.2 Å². The molecule has 0 spiro atoms. The van der Waals surface area contributed by atoms with Crippen LogP contribution in [0.4, 0.5) is 5.69 Å². The van der Waals surface area contributed by atoms with Gasteiger partial charge >= 0.3 is 0 Å². The fourth-order valence-corrected chi connectivity index (χ4v) is 2.93. The molecule has 0 atom stereocenters. The van der Waals surface area contributed by atoms with Crippen molar-refractivity contribution in [2.24, 2.45) is 0 Å². The summed E-state index contributed by atoms with van der Waals surface area (Å²) in [6, 6.07) is 14.2. The third kappa shape index (κ3) is 6.18. The minimum Gasteiger partial charge on any atom is -0.339 e. The standard InChI is InChI=1S/C21H22ClN3O2S/c1-3-25(4-2)20(27)16-9-7-10-17(14-16)23-21(28)24-19(26)13-12-15-8-5-6-11-18(15)22/h5-14H,3-4H2,1-2H3,(H2,23,24,26,28)/b13-12+. The Morgan fingerprint density at radius 3 is 2.50 bits per heavy atom. The molecule has 0 saturated carbocycles. The van der Waals surface area contributed by atoms with Crippen molar-refractivity contribution in [1.82, 2.24) is 10.2 Å². The summed E-state index contributed by atoms with van der Waals surface area (Å²) in [7, 11) is 0. The SMILES string of the molecule is CCN(CC)C(=O)c1cccc(NC(=S)NC(=O)/C=C/c2ccccc2Cl)c1. The number of rotatable bonds is 6. The highest BCUT2D eigenvalue weighted by molar-refractivity contribution is 7.80. The van der Waals surface area contributed by atoms with Gasteiger partial charge in [-0.05, 0) is 62.0 Å². The average molecular weight is 416 g/mol. The third-order valence-corrected chi connectivity index (χ3v) is 4.52. The molecule has 2 aromatic carbocycles. The maximum absolute atomic E-state index is 12.4. The number of anilines is 1. The molecular weight excluding hydrogens is 394 g/mol. The topological polar surface area (TPSA) is 61.4 Å². The number of halogens is 1. The summed E-state index contributed by atoms with van der Waals surface area (Å²) >= 11 is 11.2. The fraction of sp³-hybridized carbons (Fsp3) is 0.190. The number of hydrogen-bond donors (Lipinski definition) is 2. The predicted molar refractivity (Wildman–Crippen MR) is 119 cm³/mol. The van der Waals surface area contributed by atoms with Crippen molar-refractivity contribution in [2.45, 2.75) is 13.8 Å². The molecule has 28 heavy (non-hydrogen) atoms. The highest BCUT2D eigenvalue weighted by Gasteiger charge is 2.13. The van der Waals surface area contributed by atoms with Crippen molar-refractivity contribution in [2.75, 3.05) is 18.4 Å². The van der Waals surface area contributed by atoms with Crippen molar-refractivity contribution in [3.05, 3.63) is 70.8 Å². The van der Waals surface area contributed by atoms with Gasteiger partial charge in [-0.2, -0.15) is 0 Å². The van der Waals surface area contributed by atoms with E-state index in [1.165, 1.54) is 6.08 Å². The van der Waals surface area contributed by atoms with E-state index in [0.717, 1.165) is 5.56 Å². The maximum Gasteiger partial charge on any atom is 0.253 e. The normalized spacial score (nSPS) is 10.5. The molecule has 0 fully saturated rings. The number of carbonyl (C=O) groups is 2. The molecule has 0 aliphatic carbocycles. The van der Waals surface area contributed by atoms with Gasteiger partial charge in [-0.15, -0.1) is 0 Å². The van der Waals surface area contributed by atoms with Crippen LogP contribution in [0.2, 0.25) is 5.02 Å². The first-order valence-corrected chi connectivity index (χ1v) is 9.67. The number of nitrogens with zero attached hydrogens (tertiary/aromatic N) is 1. The molecule has 0 heterocycles. The van der Waals surface area contributed by atoms with E-state index in [-0.39, 0.29) is 16.9 Å². The van der Waals surface area contributed by atoms with Gasteiger partial charge in [0.05, 0.1) is 0 Å². The number of carbonyl (C=O) groups excluding carboxylic acids is 2. The molecular formula is C21H22ClN3O2S. The van der Waals surface area contributed by atoms with E-state index in [9.17, 15) is 9.59 Å². The number of thiocarbonyl (C=S) groups is 1. The van der Waals surface area contributed by atoms with Crippen LogP contribution in [0.25, 0.3) is 6.08 Å². The van der Waals surface area contributed by atoms with Crippen molar-refractivity contribution in [1.29, 1.82) is 0 Å². The second kappa shape index (κ2) is 10.6. The Morgan fingerprint density at radius 1 is 1.11 bits per heavy atom. The Labute approximate surface area is 175 Å². The van der Waals surface area contributed by atoms with Gasteiger partial charge in [-0.1, -0.05) is 35.9 Å². The lowest BCUT2D eigenvalue weighted by Gasteiger charge is -2.19. The van der Waals surface area contributed by atoms with Crippen LogP contribution in [0.5, 0.6) is 0 Å². The van der Waals surface area contributed by atoms with Crippen LogP contribution in [0.1, 0.15) is 29.8 Å². The molecule has 2 N–H and O–H groups in total. The van der Waals surface area contributed by atoms with E-state index in [4.69, 9.17) is 23.8 Å². The highest BCUT2D eigenvalue weighted by atomic mass is 35.5. The molecule has 0 saturated heterocycles. The van der Waals surface area contributed by atoms with Gasteiger partial charge in [-0.3, -0.25) is 14.9 Å². The number of nitrogens with one attached hydrogen (secondary N) is 2. The summed E-state index contributed by atoms with van der Waals surface area (Å²) < 4.78 is 0. The van der Waals surface area contributed by atoms with E-state index in [1.807, 2.05) is 26.0 Å². The number of hydrogen-bond acceptors (Lipinski definition) is 3. The molecule has 0 bridgehead atoms. The lowest BCUT2D eigenvalue weighted by Crippen LogP contribution is -2.33. The summed E-state index contributed by atoms with van der Waals surface area (Å²) in [5.41, 5.74) is 1.92. The Bertz CT molecular complexity index is 895. The highest BCUT2D eigenvalue weighted by Crippen LogP contribution is 2.16. The molecule has 0 aliphatic rings. The summed E-state index contributed by atoms with van der Waals surface area (Å²) in [5.74, 6) is -0.431. The Kier molecular flexibility index (Phi) is 8.17. The smallest absolute Gasteiger partial charge is 0.253 e. The molecule has 2 aromatic rings. The van der Waals surface area contributed by atoms with Gasteiger partial charge in [0.25, 0.3) is 5.91 Å².